The Bertz CT molecular complexity index is 884. The van der Waals surface area contributed by atoms with Gasteiger partial charge in [-0.25, -0.2) is 8.42 Å². The number of nitrogens with zero attached hydrogens (tertiary/aromatic N) is 1. The third-order valence-electron chi connectivity index (χ3n) is 4.02. The lowest BCUT2D eigenvalue weighted by atomic mass is 10.1. The van der Waals surface area contributed by atoms with Gasteiger partial charge in [0, 0.05) is 6.07 Å². The van der Waals surface area contributed by atoms with Crippen LogP contribution in [0.4, 0.5) is 5.69 Å². The van der Waals surface area contributed by atoms with Crippen molar-refractivity contribution in [1.29, 1.82) is 0 Å². The van der Waals surface area contributed by atoms with Crippen LogP contribution >= 0.6 is 0 Å². The summed E-state index contributed by atoms with van der Waals surface area (Å²) >= 11 is 0. The first-order chi connectivity index (χ1) is 12.8. The number of nitrogens with one attached hydrogen (secondary N) is 1. The summed E-state index contributed by atoms with van der Waals surface area (Å²) < 4.78 is 35.9. The van der Waals surface area contributed by atoms with Crippen molar-refractivity contribution < 1.29 is 22.7 Å². The van der Waals surface area contributed by atoms with E-state index in [1.54, 1.807) is 12.1 Å². The number of hydrogen-bond acceptors (Lipinski definition) is 5. The maximum absolute atomic E-state index is 12.5. The van der Waals surface area contributed by atoms with Crippen LogP contribution in [0.5, 0.6) is 11.5 Å². The van der Waals surface area contributed by atoms with Crippen LogP contribution in [0.1, 0.15) is 18.5 Å². The van der Waals surface area contributed by atoms with Crippen LogP contribution in [-0.4, -0.2) is 41.3 Å². The number of amides is 1. The molecule has 0 spiro atoms. The van der Waals surface area contributed by atoms with Crippen molar-refractivity contribution in [1.82, 2.24) is 5.32 Å². The minimum Gasteiger partial charge on any atom is -0.493 e. The maximum Gasteiger partial charge on any atom is 0.241 e. The highest BCUT2D eigenvalue weighted by Gasteiger charge is 2.23. The highest BCUT2D eigenvalue weighted by molar-refractivity contribution is 7.92. The van der Waals surface area contributed by atoms with E-state index < -0.39 is 15.9 Å². The number of hydrogen-bond donors (Lipinski definition) is 1. The van der Waals surface area contributed by atoms with E-state index in [9.17, 15) is 13.2 Å². The molecule has 0 aliphatic heterocycles. The third kappa shape index (κ3) is 5.37. The quantitative estimate of drug-likeness (QED) is 0.745. The Hall–Kier alpha value is -2.74. The van der Waals surface area contributed by atoms with Crippen molar-refractivity contribution in [2.75, 3.05) is 31.3 Å². The van der Waals surface area contributed by atoms with E-state index >= 15 is 0 Å². The highest BCUT2D eigenvalue weighted by Crippen LogP contribution is 2.32. The van der Waals surface area contributed by atoms with Gasteiger partial charge in [0.25, 0.3) is 0 Å². The minimum atomic E-state index is -3.68. The van der Waals surface area contributed by atoms with Crippen LogP contribution in [0.15, 0.2) is 48.5 Å². The molecule has 2 aromatic rings. The van der Waals surface area contributed by atoms with Gasteiger partial charge >= 0.3 is 0 Å². The molecule has 0 saturated carbocycles. The monoisotopic (exact) mass is 392 g/mol. The largest absolute Gasteiger partial charge is 0.493 e. The van der Waals surface area contributed by atoms with E-state index in [0.717, 1.165) is 16.1 Å². The van der Waals surface area contributed by atoms with Crippen LogP contribution in [0, 0.1) is 0 Å². The Morgan fingerprint density at radius 3 is 2.26 bits per heavy atom. The predicted molar refractivity (Wildman–Crippen MR) is 105 cm³/mol. The smallest absolute Gasteiger partial charge is 0.241 e. The van der Waals surface area contributed by atoms with Gasteiger partial charge in [-0.2, -0.15) is 0 Å². The van der Waals surface area contributed by atoms with E-state index in [0.29, 0.717) is 17.2 Å². The lowest BCUT2D eigenvalue weighted by Gasteiger charge is -2.24. The predicted octanol–water partition coefficient (Wildman–Crippen LogP) is 2.35. The molecule has 0 saturated heterocycles. The maximum atomic E-state index is 12.5. The van der Waals surface area contributed by atoms with Gasteiger partial charge in [-0.05, 0) is 24.6 Å². The molecule has 0 heterocycles. The van der Waals surface area contributed by atoms with E-state index in [-0.39, 0.29) is 12.6 Å². The van der Waals surface area contributed by atoms with Crippen LogP contribution in [0.2, 0.25) is 0 Å². The molecular formula is C19H24N2O5S. The van der Waals surface area contributed by atoms with Gasteiger partial charge in [-0.15, -0.1) is 0 Å². The number of carbonyl (C=O) groups excluding carboxylic acids is 1. The van der Waals surface area contributed by atoms with Crippen molar-refractivity contribution in [2.24, 2.45) is 0 Å². The van der Waals surface area contributed by atoms with E-state index in [1.807, 2.05) is 37.3 Å². The van der Waals surface area contributed by atoms with Crippen molar-refractivity contribution in [3.63, 3.8) is 0 Å². The summed E-state index contributed by atoms with van der Waals surface area (Å²) in [6.45, 7) is 1.50. The third-order valence-corrected chi connectivity index (χ3v) is 5.16. The summed E-state index contributed by atoms with van der Waals surface area (Å²) in [5.41, 5.74) is 1.25. The SMILES string of the molecule is COc1ccc(N(CC(=O)N[C@@H](C)c2ccccc2)S(C)(=O)=O)cc1OC. The van der Waals surface area contributed by atoms with Gasteiger partial charge in [-0.1, -0.05) is 30.3 Å². The van der Waals surface area contributed by atoms with Gasteiger partial charge in [0.1, 0.15) is 6.54 Å². The number of benzene rings is 2. The molecule has 0 radical (unpaired) electrons. The summed E-state index contributed by atoms with van der Waals surface area (Å²) in [6, 6.07) is 13.9. The number of sulfonamides is 1. The lowest BCUT2D eigenvalue weighted by molar-refractivity contribution is -0.120. The van der Waals surface area contributed by atoms with Gasteiger partial charge in [0.2, 0.25) is 15.9 Å². The zero-order valence-electron chi connectivity index (χ0n) is 15.8. The normalized spacial score (nSPS) is 12.1. The summed E-state index contributed by atoms with van der Waals surface area (Å²) in [7, 11) is -0.733. The first-order valence-electron chi connectivity index (χ1n) is 8.30. The number of ether oxygens (including phenoxy) is 2. The van der Waals surface area contributed by atoms with Gasteiger partial charge in [0.05, 0.1) is 32.2 Å². The van der Waals surface area contributed by atoms with Gasteiger partial charge in [-0.3, -0.25) is 9.10 Å². The van der Waals surface area contributed by atoms with Gasteiger partial charge < -0.3 is 14.8 Å². The average Bonchev–Trinajstić information content (AvgIpc) is 2.65. The molecule has 0 fully saturated rings. The molecular weight excluding hydrogens is 368 g/mol. The van der Waals surface area contributed by atoms with Crippen molar-refractivity contribution in [3.05, 3.63) is 54.1 Å². The van der Waals surface area contributed by atoms with E-state index in [4.69, 9.17) is 9.47 Å². The molecule has 1 atom stereocenters. The molecule has 0 bridgehead atoms. The molecule has 146 valence electrons. The van der Waals surface area contributed by atoms with E-state index in [2.05, 4.69) is 5.32 Å². The van der Waals surface area contributed by atoms with Crippen LogP contribution in [0.3, 0.4) is 0 Å². The second-order valence-corrected chi connectivity index (χ2v) is 7.92. The molecule has 8 heteroatoms. The number of methoxy groups -OCH3 is 2. The Morgan fingerprint density at radius 2 is 1.70 bits per heavy atom. The number of carbonyl (C=O) groups is 1. The second-order valence-electron chi connectivity index (χ2n) is 6.01. The van der Waals surface area contributed by atoms with Crippen LogP contribution in [-0.2, 0) is 14.8 Å². The molecule has 2 rings (SSSR count). The van der Waals surface area contributed by atoms with Crippen molar-refractivity contribution in [2.45, 2.75) is 13.0 Å². The molecule has 1 N–H and O–H groups in total. The Kier molecular flexibility index (Phi) is 6.68. The molecule has 2 aromatic carbocycles. The first kappa shape index (κ1) is 20.6. The Labute approximate surface area is 160 Å². The fourth-order valence-corrected chi connectivity index (χ4v) is 3.47. The molecule has 0 aromatic heterocycles. The van der Waals surface area contributed by atoms with Gasteiger partial charge in [0.15, 0.2) is 11.5 Å². The zero-order valence-corrected chi connectivity index (χ0v) is 16.6. The van der Waals surface area contributed by atoms with Crippen LogP contribution in [0.25, 0.3) is 0 Å². The standard InChI is InChI=1S/C19H24N2O5S/c1-14(15-8-6-5-7-9-15)20-19(22)13-21(27(4,23)24)16-10-11-17(25-2)18(12-16)26-3/h5-12,14H,13H2,1-4H3,(H,20,22)/t14-/m0/s1. The van der Waals surface area contributed by atoms with Crippen molar-refractivity contribution >= 4 is 21.6 Å². The van der Waals surface area contributed by atoms with Crippen LogP contribution < -0.4 is 19.1 Å². The summed E-state index contributed by atoms with van der Waals surface area (Å²) in [5.74, 6) is 0.435. The number of rotatable bonds is 8. The van der Waals surface area contributed by atoms with E-state index in [1.165, 1.54) is 20.3 Å². The topological polar surface area (TPSA) is 84.9 Å². The molecule has 1 amide bonds. The fraction of sp³-hybridized carbons (Fsp3) is 0.316. The number of anilines is 1. The first-order valence-corrected chi connectivity index (χ1v) is 10.1. The molecule has 27 heavy (non-hydrogen) atoms. The second kappa shape index (κ2) is 8.77. The molecule has 0 aliphatic carbocycles. The molecule has 0 unspecified atom stereocenters. The molecule has 7 nitrogen and oxygen atoms in total. The minimum absolute atomic E-state index is 0.245. The van der Waals surface area contributed by atoms with Crippen molar-refractivity contribution in [3.8, 4) is 11.5 Å². The summed E-state index contributed by atoms with van der Waals surface area (Å²) in [5, 5.41) is 2.82. The fourth-order valence-electron chi connectivity index (χ4n) is 2.62. The lowest BCUT2D eigenvalue weighted by Crippen LogP contribution is -2.41. The summed E-state index contributed by atoms with van der Waals surface area (Å²) in [4.78, 5) is 12.5. The highest BCUT2D eigenvalue weighted by atomic mass is 32.2. The average molecular weight is 392 g/mol. The Balaban J connectivity index is 2.21. The summed E-state index contributed by atoms with van der Waals surface area (Å²) in [6.07, 6.45) is 1.05. The Morgan fingerprint density at radius 1 is 1.07 bits per heavy atom. The molecule has 0 aliphatic rings. The zero-order chi connectivity index (χ0) is 20.0.